The van der Waals surface area contributed by atoms with Crippen molar-refractivity contribution in [1.82, 2.24) is 5.32 Å². The average Bonchev–Trinajstić information content (AvgIpc) is 2.37. The molecule has 0 saturated heterocycles. The average molecular weight is 301 g/mol. The molecule has 0 aliphatic rings. The number of nitro groups is 1. The normalized spacial score (nSPS) is 10.8. The van der Waals surface area contributed by atoms with Crippen molar-refractivity contribution < 1.29 is 19.2 Å². The van der Waals surface area contributed by atoms with Crippen LogP contribution in [0.4, 0.5) is 5.69 Å². The molecule has 20 heavy (non-hydrogen) atoms. The molecule has 0 bridgehead atoms. The second-order valence-corrected chi connectivity index (χ2v) is 4.90. The van der Waals surface area contributed by atoms with Crippen LogP contribution in [0.2, 0.25) is 5.02 Å². The van der Waals surface area contributed by atoms with E-state index in [1.54, 1.807) is 0 Å². The van der Waals surface area contributed by atoms with E-state index in [1.165, 1.54) is 33.1 Å². The topological polar surface area (TPSA) is 98.5 Å². The molecule has 0 radical (unpaired) electrons. The molecule has 0 atom stereocenters. The number of esters is 1. The number of benzene rings is 1. The highest BCUT2D eigenvalue weighted by molar-refractivity contribution is 6.34. The lowest BCUT2D eigenvalue weighted by atomic mass is 10.0. The summed E-state index contributed by atoms with van der Waals surface area (Å²) in [4.78, 5) is 33.6. The molecule has 1 aromatic carbocycles. The van der Waals surface area contributed by atoms with Gasteiger partial charge in [0.25, 0.3) is 11.6 Å². The van der Waals surface area contributed by atoms with Crippen LogP contribution in [0.15, 0.2) is 18.2 Å². The van der Waals surface area contributed by atoms with Crippen molar-refractivity contribution in [2.75, 3.05) is 7.11 Å². The minimum absolute atomic E-state index is 0.0498. The molecule has 0 aromatic heterocycles. The number of rotatable bonds is 4. The molecule has 0 saturated carbocycles. The predicted octanol–water partition coefficient (Wildman–Crippen LogP) is 1.93. The maximum absolute atomic E-state index is 12.1. The summed E-state index contributed by atoms with van der Waals surface area (Å²) in [6, 6.07) is 3.48. The largest absolute Gasteiger partial charge is 0.467 e. The lowest BCUT2D eigenvalue weighted by molar-refractivity contribution is -0.384. The maximum atomic E-state index is 12.1. The maximum Gasteiger partial charge on any atom is 0.330 e. The van der Waals surface area contributed by atoms with Gasteiger partial charge in [0.15, 0.2) is 0 Å². The van der Waals surface area contributed by atoms with Crippen molar-refractivity contribution in [3.05, 3.63) is 38.9 Å². The number of amides is 1. The van der Waals surface area contributed by atoms with Crippen LogP contribution in [-0.4, -0.2) is 29.4 Å². The number of non-ortho nitro benzene ring substituents is 1. The van der Waals surface area contributed by atoms with Crippen LogP contribution in [0.1, 0.15) is 24.2 Å². The Labute approximate surface area is 120 Å². The number of ether oxygens (including phenoxy) is 1. The number of halogens is 1. The van der Waals surface area contributed by atoms with E-state index in [4.69, 9.17) is 11.6 Å². The van der Waals surface area contributed by atoms with Crippen LogP contribution in [-0.2, 0) is 9.53 Å². The van der Waals surface area contributed by atoms with E-state index in [0.717, 1.165) is 6.07 Å². The molecule has 1 N–H and O–H groups in total. The number of hydrogen-bond donors (Lipinski definition) is 1. The zero-order valence-corrected chi connectivity index (χ0v) is 11.9. The number of carbonyl (C=O) groups is 2. The van der Waals surface area contributed by atoms with E-state index in [2.05, 4.69) is 10.1 Å². The summed E-state index contributed by atoms with van der Waals surface area (Å²) in [6.07, 6.45) is 0. The van der Waals surface area contributed by atoms with Gasteiger partial charge in [0.05, 0.1) is 22.6 Å². The molecule has 0 unspecified atom stereocenters. The molecule has 0 spiro atoms. The molecule has 0 aliphatic heterocycles. The first-order valence-corrected chi connectivity index (χ1v) is 5.91. The Hall–Kier alpha value is -2.15. The van der Waals surface area contributed by atoms with Crippen LogP contribution in [0, 0.1) is 10.1 Å². The number of nitro benzene ring substituents is 1. The van der Waals surface area contributed by atoms with E-state index >= 15 is 0 Å². The fourth-order valence-corrected chi connectivity index (χ4v) is 1.66. The van der Waals surface area contributed by atoms with E-state index in [1.807, 2.05) is 0 Å². The fourth-order valence-electron chi connectivity index (χ4n) is 1.46. The third-order valence-corrected chi connectivity index (χ3v) is 2.86. The monoisotopic (exact) mass is 300 g/mol. The summed E-state index contributed by atoms with van der Waals surface area (Å²) in [7, 11) is 1.19. The second kappa shape index (κ2) is 5.87. The van der Waals surface area contributed by atoms with Gasteiger partial charge in [-0.1, -0.05) is 11.6 Å². The first kappa shape index (κ1) is 15.9. The minimum atomic E-state index is -1.28. The van der Waals surface area contributed by atoms with Crippen molar-refractivity contribution in [3.63, 3.8) is 0 Å². The van der Waals surface area contributed by atoms with Gasteiger partial charge in [-0.2, -0.15) is 0 Å². The summed E-state index contributed by atoms with van der Waals surface area (Å²) in [5, 5.41) is 13.1. The molecule has 1 amide bonds. The standard InChI is InChI=1S/C12H13ClN2O5/c1-12(2,11(17)20-3)14-10(16)8-6-7(15(18)19)4-5-9(8)13/h4-6H,1-3H3,(H,14,16). The molecular weight excluding hydrogens is 288 g/mol. The van der Waals surface area contributed by atoms with Crippen LogP contribution in [0.25, 0.3) is 0 Å². The van der Waals surface area contributed by atoms with Gasteiger partial charge in [-0.05, 0) is 19.9 Å². The lowest BCUT2D eigenvalue weighted by Crippen LogP contribution is -2.50. The molecule has 7 nitrogen and oxygen atoms in total. The first-order valence-electron chi connectivity index (χ1n) is 5.54. The molecule has 0 fully saturated rings. The van der Waals surface area contributed by atoms with E-state index in [9.17, 15) is 19.7 Å². The molecule has 0 heterocycles. The van der Waals surface area contributed by atoms with Crippen LogP contribution in [0.3, 0.4) is 0 Å². The lowest BCUT2D eigenvalue weighted by Gasteiger charge is -2.23. The number of methoxy groups -OCH3 is 1. The zero-order chi connectivity index (χ0) is 15.5. The van der Waals surface area contributed by atoms with Gasteiger partial charge in [0, 0.05) is 12.1 Å². The second-order valence-electron chi connectivity index (χ2n) is 4.49. The number of nitrogens with one attached hydrogen (secondary N) is 1. The van der Waals surface area contributed by atoms with E-state index < -0.39 is 22.3 Å². The molecule has 8 heteroatoms. The summed E-state index contributed by atoms with van der Waals surface area (Å²) >= 11 is 5.84. The van der Waals surface area contributed by atoms with Crippen LogP contribution >= 0.6 is 11.6 Å². The van der Waals surface area contributed by atoms with Crippen molar-refractivity contribution in [2.45, 2.75) is 19.4 Å². The zero-order valence-electron chi connectivity index (χ0n) is 11.1. The van der Waals surface area contributed by atoms with Gasteiger partial charge >= 0.3 is 5.97 Å². The van der Waals surface area contributed by atoms with Gasteiger partial charge in [-0.15, -0.1) is 0 Å². The Morgan fingerprint density at radius 1 is 1.40 bits per heavy atom. The number of nitrogens with zero attached hydrogens (tertiary/aromatic N) is 1. The van der Waals surface area contributed by atoms with E-state index in [-0.39, 0.29) is 16.3 Å². The van der Waals surface area contributed by atoms with Crippen molar-refractivity contribution in [1.29, 1.82) is 0 Å². The predicted molar refractivity (Wildman–Crippen MR) is 71.7 cm³/mol. The van der Waals surface area contributed by atoms with Crippen molar-refractivity contribution in [3.8, 4) is 0 Å². The summed E-state index contributed by atoms with van der Waals surface area (Å²) < 4.78 is 4.55. The van der Waals surface area contributed by atoms with Crippen molar-refractivity contribution >= 4 is 29.2 Å². The Bertz CT molecular complexity index is 571. The van der Waals surface area contributed by atoms with Gasteiger partial charge in [0.2, 0.25) is 0 Å². The fraction of sp³-hybridized carbons (Fsp3) is 0.333. The number of carbonyl (C=O) groups excluding carboxylic acids is 2. The van der Waals surface area contributed by atoms with Gasteiger partial charge in [0.1, 0.15) is 5.54 Å². The Kier molecular flexibility index (Phi) is 4.67. The highest BCUT2D eigenvalue weighted by Gasteiger charge is 2.31. The minimum Gasteiger partial charge on any atom is -0.467 e. The van der Waals surface area contributed by atoms with Gasteiger partial charge in [-0.3, -0.25) is 14.9 Å². The molecule has 1 rings (SSSR count). The van der Waals surface area contributed by atoms with Crippen LogP contribution < -0.4 is 5.32 Å². The highest BCUT2D eigenvalue weighted by atomic mass is 35.5. The SMILES string of the molecule is COC(=O)C(C)(C)NC(=O)c1cc([N+](=O)[O-])ccc1Cl. The number of hydrogen-bond acceptors (Lipinski definition) is 5. The highest BCUT2D eigenvalue weighted by Crippen LogP contribution is 2.22. The smallest absolute Gasteiger partial charge is 0.330 e. The summed E-state index contributed by atoms with van der Waals surface area (Å²) in [5.41, 5.74) is -1.63. The summed E-state index contributed by atoms with van der Waals surface area (Å²) in [5.74, 6) is -1.35. The van der Waals surface area contributed by atoms with Crippen molar-refractivity contribution in [2.24, 2.45) is 0 Å². The van der Waals surface area contributed by atoms with Crippen LogP contribution in [0.5, 0.6) is 0 Å². The quantitative estimate of drug-likeness (QED) is 0.520. The third kappa shape index (κ3) is 3.45. The Balaban J connectivity index is 3.07. The van der Waals surface area contributed by atoms with Gasteiger partial charge in [-0.25, -0.2) is 4.79 Å². The summed E-state index contributed by atoms with van der Waals surface area (Å²) in [6.45, 7) is 2.89. The molecule has 1 aromatic rings. The molecular formula is C12H13ClN2O5. The Morgan fingerprint density at radius 2 is 2.00 bits per heavy atom. The molecule has 0 aliphatic carbocycles. The first-order chi connectivity index (χ1) is 9.19. The van der Waals surface area contributed by atoms with Gasteiger partial charge < -0.3 is 10.1 Å². The van der Waals surface area contributed by atoms with E-state index in [0.29, 0.717) is 0 Å². The third-order valence-electron chi connectivity index (χ3n) is 2.53. The Morgan fingerprint density at radius 3 is 2.50 bits per heavy atom. The molecule has 108 valence electrons.